The third kappa shape index (κ3) is 18.5. The van der Waals surface area contributed by atoms with Crippen LogP contribution in [0, 0.1) is 24.7 Å². The molecule has 0 spiro atoms. The normalized spacial score (nSPS) is 12.7. The molecule has 0 saturated carbocycles. The first-order valence-corrected chi connectivity index (χ1v) is 38.5. The quantitative estimate of drug-likeness (QED) is 0.0610. The van der Waals surface area contributed by atoms with Crippen LogP contribution in [0.3, 0.4) is 0 Å². The monoisotopic (exact) mass is 1490 g/mol. The molecular formula is C94H116N2O4S2Zr. The fourth-order valence-electron chi connectivity index (χ4n) is 14.8. The third-order valence-electron chi connectivity index (χ3n) is 19.8. The second kappa shape index (κ2) is 30.6. The Balaban J connectivity index is 0.000000734. The van der Waals surface area contributed by atoms with Gasteiger partial charge in [-0.25, -0.2) is 0 Å². The Morgan fingerprint density at radius 2 is 0.612 bits per heavy atom. The van der Waals surface area contributed by atoms with Crippen molar-refractivity contribution in [3.8, 4) is 55.3 Å². The predicted octanol–water partition coefficient (Wildman–Crippen LogP) is 27.1. The molecule has 4 aromatic heterocycles. The topological polar surface area (TPSA) is 75.9 Å². The molecule has 103 heavy (non-hydrogen) atoms. The number of unbranched alkanes of at least 4 members (excludes halogenated alkanes) is 1. The van der Waals surface area contributed by atoms with E-state index < -0.39 is 0 Å². The second-order valence-electron chi connectivity index (χ2n) is 36.4. The van der Waals surface area contributed by atoms with E-state index in [9.17, 15) is 10.2 Å². The number of fused-ring (bicyclic) bond motifs is 6. The SMILES string of the molecule is CC(C)(C)CC(C)(C)c1ccc([OH+]CCCC[OH+]c2ccc(C(C)(C)CC(C)(C)C)cc2-c2csc(-n3c4ccc(C(C)(C)C)cc4c4cc(C(C)(C)C)ccc43)c2O)c(-c2csc(-n3c4ccc(C(C)(C)C)cc4c4cc(C(C)(C)C)ccc43)c2O)c1.[CH2-]c1ccccc1.[CH2-]c1ccccc1.[Zr]. The molecule has 12 aromatic rings. The van der Waals surface area contributed by atoms with Gasteiger partial charge in [-0.3, -0.25) is 9.13 Å². The van der Waals surface area contributed by atoms with E-state index in [0.717, 1.165) is 103 Å². The Morgan fingerprint density at radius 3 is 0.854 bits per heavy atom. The van der Waals surface area contributed by atoms with Crippen LogP contribution in [0.25, 0.3) is 75.9 Å². The first-order valence-electron chi connectivity index (χ1n) is 36.7. The van der Waals surface area contributed by atoms with Crippen molar-refractivity contribution in [3.63, 3.8) is 0 Å². The number of aromatic hydroxyl groups is 4. The molecule has 0 atom stereocenters. The van der Waals surface area contributed by atoms with E-state index in [1.165, 1.54) is 54.9 Å². The maximum absolute atomic E-state index is 12.7. The second-order valence-corrected chi connectivity index (χ2v) is 38.1. The maximum atomic E-state index is 12.7. The first kappa shape index (κ1) is 79.7. The van der Waals surface area contributed by atoms with Crippen LogP contribution in [0.2, 0.25) is 0 Å². The molecule has 0 fully saturated rings. The van der Waals surface area contributed by atoms with Gasteiger partial charge >= 0.3 is 0 Å². The summed E-state index contributed by atoms with van der Waals surface area (Å²) in [5.41, 5.74) is 17.5. The molecule has 542 valence electrons. The molecule has 0 amide bonds. The van der Waals surface area contributed by atoms with Gasteiger partial charge < -0.3 is 19.7 Å². The zero-order chi connectivity index (χ0) is 74.5. The predicted molar refractivity (Wildman–Crippen MR) is 445 cm³/mol. The van der Waals surface area contributed by atoms with E-state index in [-0.39, 0.29) is 81.0 Å². The molecule has 0 aliphatic heterocycles. The molecular weight excluding hydrogens is 1380 g/mol. The summed E-state index contributed by atoms with van der Waals surface area (Å²) in [6.45, 7) is 59.2. The van der Waals surface area contributed by atoms with Crippen molar-refractivity contribution < 1.29 is 45.9 Å². The van der Waals surface area contributed by atoms with Crippen LogP contribution in [-0.4, -0.2) is 42.0 Å². The van der Waals surface area contributed by atoms with E-state index in [4.69, 9.17) is 9.47 Å². The number of aromatic nitrogens is 2. The summed E-state index contributed by atoms with van der Waals surface area (Å²) in [5.74, 6) is 2.31. The van der Waals surface area contributed by atoms with Gasteiger partial charge in [0, 0.05) is 94.6 Å². The molecule has 6 nitrogen and oxygen atoms in total. The molecule has 12 rings (SSSR count). The van der Waals surface area contributed by atoms with Gasteiger partial charge in [0.25, 0.3) is 11.5 Å². The van der Waals surface area contributed by atoms with Crippen LogP contribution >= 0.6 is 22.7 Å². The van der Waals surface area contributed by atoms with Crippen LogP contribution in [0.1, 0.15) is 223 Å². The van der Waals surface area contributed by atoms with Crippen molar-refractivity contribution in [2.24, 2.45) is 10.8 Å². The van der Waals surface area contributed by atoms with Gasteiger partial charge in [-0.1, -0.05) is 189 Å². The Hall–Kier alpha value is -7.42. The Kier molecular flexibility index (Phi) is 23.7. The fourth-order valence-corrected chi connectivity index (χ4v) is 16.8. The molecule has 4 N–H and O–H groups in total. The summed E-state index contributed by atoms with van der Waals surface area (Å²) in [5, 5.41) is 36.2. The fraction of sp³-hybridized carbons (Fsp3) is 0.383. The molecule has 8 aromatic carbocycles. The Morgan fingerprint density at radius 1 is 0.340 bits per heavy atom. The first-order chi connectivity index (χ1) is 47.5. The number of thiophene rings is 2. The number of ether oxygens (including phenoxy) is 2. The summed E-state index contributed by atoms with van der Waals surface area (Å²) in [4.78, 5) is 0. The molecule has 0 radical (unpaired) electrons. The summed E-state index contributed by atoms with van der Waals surface area (Å²) >= 11 is 3.19. The molecule has 0 unspecified atom stereocenters. The summed E-state index contributed by atoms with van der Waals surface area (Å²) in [6.07, 6.45) is 3.66. The minimum atomic E-state index is -0.122. The zero-order valence-corrected chi connectivity index (χ0v) is 70.1. The van der Waals surface area contributed by atoms with E-state index in [2.05, 4.69) is 295 Å². The maximum Gasteiger partial charge on any atom is 0.262 e. The number of benzene rings is 8. The molecule has 0 bridgehead atoms. The zero-order valence-electron chi connectivity index (χ0n) is 66.0. The average molecular weight is 1490 g/mol. The van der Waals surface area contributed by atoms with Crippen LogP contribution in [-0.2, 0) is 58.7 Å². The van der Waals surface area contributed by atoms with E-state index in [1.807, 2.05) is 60.7 Å². The van der Waals surface area contributed by atoms with Crippen LogP contribution in [0.5, 0.6) is 23.0 Å². The minimum Gasteiger partial charge on any atom is -0.582 e. The van der Waals surface area contributed by atoms with Gasteiger partial charge in [-0.2, -0.15) is 49.2 Å². The van der Waals surface area contributed by atoms with Crippen molar-refractivity contribution >= 4 is 66.3 Å². The largest absolute Gasteiger partial charge is 0.582 e. The summed E-state index contributed by atoms with van der Waals surface area (Å²) in [7, 11) is 0. The van der Waals surface area contributed by atoms with Crippen molar-refractivity contribution in [1.29, 1.82) is 0 Å². The molecule has 0 aliphatic rings. The summed E-state index contributed by atoms with van der Waals surface area (Å²) < 4.78 is 15.3. The van der Waals surface area contributed by atoms with Gasteiger partial charge in [0.05, 0.1) is 33.2 Å². The van der Waals surface area contributed by atoms with Crippen molar-refractivity contribution in [2.45, 2.75) is 210 Å². The molecule has 9 heteroatoms. The summed E-state index contributed by atoms with van der Waals surface area (Å²) in [6, 6.07) is 60.7. The average Bonchev–Trinajstić information content (AvgIpc) is 1.58. The van der Waals surface area contributed by atoms with Gasteiger partial charge in [0.15, 0.2) is 24.7 Å². The van der Waals surface area contributed by atoms with Gasteiger partial charge in [-0.05, 0) is 162 Å². The minimum absolute atomic E-state index is 0. The van der Waals surface area contributed by atoms with Crippen molar-refractivity contribution in [1.82, 2.24) is 9.13 Å². The van der Waals surface area contributed by atoms with Gasteiger partial charge in [0.2, 0.25) is 0 Å². The number of rotatable bonds is 15. The smallest absolute Gasteiger partial charge is 0.262 e. The standard InChI is InChI=1S/C80H100N2O4S2.2C7H7.Zr/c1-73(2,3)47-79(19,20)53-29-35-67(59(43-53)61-45-87-71(69(61)83)81-63-31-25-49(75(7,8)9)39-55(63)56-40-50(76(10,11)12)26-32-64(56)81)85-37-23-24-38-86-68-36-30-54(80(21,22)48-74(4,5)6)44-60(68)62-46-88-72(70(62)84)82-65-33-27-51(77(13,14)15)41-57(65)58-42-52(78(16,17)18)28-34-66(58)82;2*1-7-5-3-2-4-6-7;/h25-36,39-46,83-84H,23-24,37-38,47-48H2,1-22H3;2*2-6H,1H2;/q;2*-1;/p+2. The number of hydrogen-bond acceptors (Lipinski definition) is 4. The Labute approximate surface area is 645 Å². The van der Waals surface area contributed by atoms with Crippen LogP contribution < -0.4 is 0 Å². The molecule has 4 heterocycles. The number of aliphatic hydroxyl groups is 2. The van der Waals surface area contributed by atoms with E-state index in [0.29, 0.717) is 13.2 Å². The Bertz CT molecular complexity index is 4460. The number of nitrogens with zero attached hydrogens (tertiary/aromatic N) is 2. The third-order valence-corrected chi connectivity index (χ3v) is 21.7. The molecule has 0 saturated heterocycles. The van der Waals surface area contributed by atoms with Crippen molar-refractivity contribution in [2.75, 3.05) is 13.2 Å². The van der Waals surface area contributed by atoms with Gasteiger partial charge in [0.1, 0.15) is 10.0 Å². The van der Waals surface area contributed by atoms with Crippen LogP contribution in [0.15, 0.2) is 181 Å². The van der Waals surface area contributed by atoms with Gasteiger partial charge in [-0.15, -0.1) is 46.9 Å². The molecule has 0 aliphatic carbocycles. The van der Waals surface area contributed by atoms with Crippen molar-refractivity contribution in [3.05, 3.63) is 239 Å². The van der Waals surface area contributed by atoms with E-state index >= 15 is 0 Å². The number of hydrogen-bond donors (Lipinski definition) is 2. The van der Waals surface area contributed by atoms with E-state index in [1.54, 1.807) is 22.7 Å². The van der Waals surface area contributed by atoms with Crippen LogP contribution in [0.4, 0.5) is 0 Å².